The van der Waals surface area contributed by atoms with Crippen molar-refractivity contribution in [3.05, 3.63) is 29.8 Å². The molecule has 104 valence electrons. The minimum absolute atomic E-state index is 0.0722. The van der Waals surface area contributed by atoms with Crippen LogP contribution in [-0.4, -0.2) is 24.4 Å². The van der Waals surface area contributed by atoms with Gasteiger partial charge in [0.05, 0.1) is 0 Å². The molecule has 0 aliphatic rings. The van der Waals surface area contributed by atoms with Crippen LogP contribution in [0.1, 0.15) is 31.1 Å². The van der Waals surface area contributed by atoms with Crippen molar-refractivity contribution in [1.82, 2.24) is 5.32 Å². The van der Waals surface area contributed by atoms with E-state index >= 15 is 0 Å². The summed E-state index contributed by atoms with van der Waals surface area (Å²) in [4.78, 5) is 23.6. The van der Waals surface area contributed by atoms with E-state index in [-0.39, 0.29) is 23.8 Å². The zero-order valence-electron chi connectivity index (χ0n) is 11.6. The predicted molar refractivity (Wildman–Crippen MR) is 75.9 cm³/mol. The van der Waals surface area contributed by atoms with Crippen molar-refractivity contribution >= 4 is 17.5 Å². The predicted octanol–water partition coefficient (Wildman–Crippen LogP) is 1.36. The topological polar surface area (TPSA) is 84.2 Å². The van der Waals surface area contributed by atoms with E-state index in [0.29, 0.717) is 17.8 Å². The monoisotopic (exact) mass is 263 g/mol. The largest absolute Gasteiger partial charge is 0.350 e. The van der Waals surface area contributed by atoms with Gasteiger partial charge in [0.2, 0.25) is 5.91 Å². The summed E-state index contributed by atoms with van der Waals surface area (Å²) >= 11 is 0. The molecule has 0 aliphatic carbocycles. The van der Waals surface area contributed by atoms with E-state index < -0.39 is 0 Å². The fraction of sp³-hybridized carbons (Fsp3) is 0.429. The number of anilines is 1. The maximum atomic E-state index is 11.8. The lowest BCUT2D eigenvalue weighted by Crippen LogP contribution is -2.30. The second kappa shape index (κ2) is 6.89. The molecule has 1 aromatic carbocycles. The Labute approximate surface area is 113 Å². The third-order valence-corrected chi connectivity index (χ3v) is 2.61. The van der Waals surface area contributed by atoms with Crippen LogP contribution in [-0.2, 0) is 4.79 Å². The first-order chi connectivity index (χ1) is 8.93. The van der Waals surface area contributed by atoms with E-state index in [2.05, 4.69) is 10.6 Å². The van der Waals surface area contributed by atoms with Gasteiger partial charge >= 0.3 is 0 Å². The lowest BCUT2D eigenvalue weighted by molar-refractivity contribution is -0.119. The second-order valence-corrected chi connectivity index (χ2v) is 4.83. The number of amides is 2. The highest BCUT2D eigenvalue weighted by Crippen LogP contribution is 2.12. The number of carbonyl (C=O) groups is 2. The van der Waals surface area contributed by atoms with Gasteiger partial charge in [-0.3, -0.25) is 9.59 Å². The van der Waals surface area contributed by atoms with Crippen LogP contribution in [0.5, 0.6) is 0 Å². The summed E-state index contributed by atoms with van der Waals surface area (Å²) < 4.78 is 0. The SMILES string of the molecule is CC(C)NC(=O)c1cccc(NC(=O)C(C)CN)c1. The summed E-state index contributed by atoms with van der Waals surface area (Å²) in [5.41, 5.74) is 6.55. The van der Waals surface area contributed by atoms with E-state index in [1.165, 1.54) is 0 Å². The number of hydrogen-bond acceptors (Lipinski definition) is 3. The molecule has 2 amide bonds. The second-order valence-electron chi connectivity index (χ2n) is 4.83. The van der Waals surface area contributed by atoms with Crippen LogP contribution in [0.25, 0.3) is 0 Å². The van der Waals surface area contributed by atoms with Crippen LogP contribution in [0, 0.1) is 5.92 Å². The molecular formula is C14H21N3O2. The van der Waals surface area contributed by atoms with Gasteiger partial charge in [-0.1, -0.05) is 13.0 Å². The molecule has 0 aromatic heterocycles. The van der Waals surface area contributed by atoms with Crippen molar-refractivity contribution in [2.24, 2.45) is 11.7 Å². The molecule has 0 aliphatic heterocycles. The molecule has 0 radical (unpaired) electrons. The quantitative estimate of drug-likeness (QED) is 0.750. The van der Waals surface area contributed by atoms with E-state index in [1.54, 1.807) is 31.2 Å². The smallest absolute Gasteiger partial charge is 0.251 e. The summed E-state index contributed by atoms with van der Waals surface area (Å²) in [5.74, 6) is -0.560. The summed E-state index contributed by atoms with van der Waals surface area (Å²) in [6.07, 6.45) is 0. The third-order valence-electron chi connectivity index (χ3n) is 2.61. The molecule has 1 atom stereocenters. The van der Waals surface area contributed by atoms with Gasteiger partial charge in [0, 0.05) is 29.8 Å². The number of rotatable bonds is 5. The van der Waals surface area contributed by atoms with Crippen LogP contribution < -0.4 is 16.4 Å². The first kappa shape index (κ1) is 15.2. The van der Waals surface area contributed by atoms with Crippen molar-refractivity contribution in [2.75, 3.05) is 11.9 Å². The average molecular weight is 263 g/mol. The Kier molecular flexibility index (Phi) is 5.51. The molecule has 0 spiro atoms. The Morgan fingerprint density at radius 2 is 1.95 bits per heavy atom. The Balaban J connectivity index is 2.77. The van der Waals surface area contributed by atoms with Gasteiger partial charge in [-0.25, -0.2) is 0 Å². The maximum Gasteiger partial charge on any atom is 0.251 e. The van der Waals surface area contributed by atoms with Gasteiger partial charge in [-0.05, 0) is 32.0 Å². The number of nitrogens with two attached hydrogens (primary N) is 1. The van der Waals surface area contributed by atoms with Crippen LogP contribution in [0.4, 0.5) is 5.69 Å². The maximum absolute atomic E-state index is 11.8. The molecule has 4 N–H and O–H groups in total. The number of carbonyl (C=O) groups excluding carboxylic acids is 2. The fourth-order valence-corrected chi connectivity index (χ4v) is 1.46. The Morgan fingerprint density at radius 3 is 2.53 bits per heavy atom. The van der Waals surface area contributed by atoms with Gasteiger partial charge in [0.25, 0.3) is 5.91 Å². The van der Waals surface area contributed by atoms with Gasteiger partial charge in [-0.2, -0.15) is 0 Å². The summed E-state index contributed by atoms with van der Waals surface area (Å²) in [6, 6.07) is 6.91. The van der Waals surface area contributed by atoms with Crippen molar-refractivity contribution in [3.8, 4) is 0 Å². The summed E-state index contributed by atoms with van der Waals surface area (Å²) in [5, 5.41) is 5.54. The number of benzene rings is 1. The molecule has 0 saturated carbocycles. The Morgan fingerprint density at radius 1 is 1.26 bits per heavy atom. The van der Waals surface area contributed by atoms with E-state index in [9.17, 15) is 9.59 Å². The van der Waals surface area contributed by atoms with Crippen molar-refractivity contribution < 1.29 is 9.59 Å². The lowest BCUT2D eigenvalue weighted by Gasteiger charge is -2.12. The zero-order valence-corrected chi connectivity index (χ0v) is 11.6. The molecular weight excluding hydrogens is 242 g/mol. The molecule has 0 bridgehead atoms. The van der Waals surface area contributed by atoms with Crippen LogP contribution >= 0.6 is 0 Å². The normalized spacial score (nSPS) is 12.1. The van der Waals surface area contributed by atoms with E-state index in [4.69, 9.17) is 5.73 Å². The first-order valence-electron chi connectivity index (χ1n) is 6.36. The Bertz CT molecular complexity index is 458. The highest BCUT2D eigenvalue weighted by Gasteiger charge is 2.12. The molecule has 0 heterocycles. The molecule has 1 rings (SSSR count). The summed E-state index contributed by atoms with van der Waals surface area (Å²) in [7, 11) is 0. The minimum Gasteiger partial charge on any atom is -0.350 e. The first-order valence-corrected chi connectivity index (χ1v) is 6.36. The molecule has 5 nitrogen and oxygen atoms in total. The standard InChI is InChI=1S/C14H21N3O2/c1-9(2)16-14(19)11-5-4-6-12(7-11)17-13(18)10(3)8-15/h4-7,9-10H,8,15H2,1-3H3,(H,16,19)(H,17,18). The van der Waals surface area contributed by atoms with Crippen molar-refractivity contribution in [2.45, 2.75) is 26.8 Å². The molecule has 1 aromatic rings. The van der Waals surface area contributed by atoms with Gasteiger partial charge in [0.15, 0.2) is 0 Å². The number of hydrogen-bond donors (Lipinski definition) is 3. The zero-order chi connectivity index (χ0) is 14.4. The van der Waals surface area contributed by atoms with Crippen molar-refractivity contribution in [3.63, 3.8) is 0 Å². The highest BCUT2D eigenvalue weighted by molar-refractivity contribution is 5.97. The van der Waals surface area contributed by atoms with Crippen LogP contribution in [0.15, 0.2) is 24.3 Å². The molecule has 19 heavy (non-hydrogen) atoms. The molecule has 0 saturated heterocycles. The van der Waals surface area contributed by atoms with Crippen LogP contribution in [0.3, 0.4) is 0 Å². The molecule has 5 heteroatoms. The number of nitrogens with one attached hydrogen (secondary N) is 2. The van der Waals surface area contributed by atoms with Gasteiger partial charge in [-0.15, -0.1) is 0 Å². The Hall–Kier alpha value is -1.88. The third kappa shape index (κ3) is 4.71. The van der Waals surface area contributed by atoms with Crippen molar-refractivity contribution in [1.29, 1.82) is 0 Å². The fourth-order valence-electron chi connectivity index (χ4n) is 1.46. The minimum atomic E-state index is -0.256. The molecule has 1 unspecified atom stereocenters. The molecule has 0 fully saturated rings. The summed E-state index contributed by atoms with van der Waals surface area (Å²) in [6.45, 7) is 5.84. The van der Waals surface area contributed by atoms with E-state index in [0.717, 1.165) is 0 Å². The van der Waals surface area contributed by atoms with Gasteiger partial charge < -0.3 is 16.4 Å². The highest BCUT2D eigenvalue weighted by atomic mass is 16.2. The van der Waals surface area contributed by atoms with Gasteiger partial charge in [0.1, 0.15) is 0 Å². The van der Waals surface area contributed by atoms with Crippen LogP contribution in [0.2, 0.25) is 0 Å². The average Bonchev–Trinajstić information content (AvgIpc) is 2.37. The lowest BCUT2D eigenvalue weighted by atomic mass is 10.1. The van der Waals surface area contributed by atoms with E-state index in [1.807, 2.05) is 13.8 Å².